The summed E-state index contributed by atoms with van der Waals surface area (Å²) in [7, 11) is 0. The van der Waals surface area contributed by atoms with Gasteiger partial charge in [-0.1, -0.05) is 26.2 Å². The van der Waals surface area contributed by atoms with E-state index in [2.05, 4.69) is 11.1 Å². The normalized spacial score (nSPS) is 12.2. The van der Waals surface area contributed by atoms with Crippen molar-refractivity contribution >= 4 is 11.4 Å². The first-order valence-corrected chi connectivity index (χ1v) is 4.50. The van der Waals surface area contributed by atoms with Crippen LogP contribution in [0.25, 0.3) is 0 Å². The molecular formula is C6H14LiO3S-. The molecule has 5 heteroatoms. The first-order valence-electron chi connectivity index (χ1n) is 3.50. The minimum Gasteiger partial charge on any atom is -1.00 e. The summed E-state index contributed by atoms with van der Waals surface area (Å²) in [5.74, 6) is 0. The van der Waals surface area contributed by atoms with Crippen LogP contribution < -0.4 is 18.9 Å². The van der Waals surface area contributed by atoms with Crippen molar-refractivity contribution in [2.75, 3.05) is 6.61 Å². The van der Waals surface area contributed by atoms with Gasteiger partial charge in [0.25, 0.3) is 0 Å². The zero-order valence-electron chi connectivity index (χ0n) is 8.17. The van der Waals surface area contributed by atoms with Gasteiger partial charge in [0.1, 0.15) is 0 Å². The molecule has 0 fully saturated rings. The average Bonchev–Trinajstić information content (AvgIpc) is 1.87. The number of hydrogen-bond donors (Lipinski definition) is 0. The zero-order valence-corrected chi connectivity index (χ0v) is 7.99. The molecule has 0 spiro atoms. The molecule has 0 heterocycles. The summed E-state index contributed by atoms with van der Waals surface area (Å²) in [6.45, 7) is 2.43. The van der Waals surface area contributed by atoms with Crippen molar-refractivity contribution in [3.05, 3.63) is 0 Å². The van der Waals surface area contributed by atoms with Crippen LogP contribution in [0.3, 0.4) is 0 Å². The van der Waals surface area contributed by atoms with Gasteiger partial charge in [-0.3, -0.25) is 0 Å². The fourth-order valence-electron chi connectivity index (χ4n) is 0.656. The van der Waals surface area contributed by atoms with Crippen LogP contribution in [0.5, 0.6) is 0 Å². The third kappa shape index (κ3) is 13.6. The molecule has 1 atom stereocenters. The third-order valence-electron chi connectivity index (χ3n) is 1.18. The Labute approximate surface area is 84.0 Å². The molecule has 0 saturated heterocycles. The minimum absolute atomic E-state index is 0. The molecule has 0 N–H and O–H groups in total. The summed E-state index contributed by atoms with van der Waals surface area (Å²) in [5.41, 5.74) is 0. The van der Waals surface area contributed by atoms with E-state index in [1.165, 1.54) is 0 Å². The van der Waals surface area contributed by atoms with Gasteiger partial charge in [-0.05, 0) is 6.42 Å². The second-order valence-corrected chi connectivity index (χ2v) is 2.73. The van der Waals surface area contributed by atoms with E-state index in [0.717, 1.165) is 25.7 Å². The van der Waals surface area contributed by atoms with Crippen molar-refractivity contribution in [2.45, 2.75) is 32.6 Å². The van der Waals surface area contributed by atoms with Crippen molar-refractivity contribution in [1.82, 2.24) is 0 Å². The van der Waals surface area contributed by atoms with E-state index in [4.69, 9.17) is 0 Å². The maximum absolute atomic E-state index is 9.81. The summed E-state index contributed by atoms with van der Waals surface area (Å²) in [6.07, 6.45) is 4.19. The molecule has 1 unspecified atom stereocenters. The minimum atomic E-state index is -2.32. The Kier molecular flexibility index (Phi) is 13.8. The van der Waals surface area contributed by atoms with E-state index >= 15 is 0 Å². The summed E-state index contributed by atoms with van der Waals surface area (Å²) < 4.78 is 23.9. The average molecular weight is 173 g/mol. The van der Waals surface area contributed by atoms with Crippen LogP contribution in [0.1, 0.15) is 34.0 Å². The van der Waals surface area contributed by atoms with Crippen LogP contribution in [0.2, 0.25) is 0 Å². The molecule has 0 amide bonds. The molecule has 0 radical (unpaired) electrons. The van der Waals surface area contributed by atoms with E-state index in [1.807, 2.05) is 0 Å². The standard InChI is InChI=1S/C6H14O3S.Li.H/c1-2-3-4-5-6-9-10(7)8;;/h2-6H2,1H3,(H,7,8);;/q;+1;-1/p-1. The van der Waals surface area contributed by atoms with Crippen molar-refractivity contribution in [3.63, 3.8) is 0 Å². The largest absolute Gasteiger partial charge is 1.00 e. The van der Waals surface area contributed by atoms with Gasteiger partial charge >= 0.3 is 18.9 Å². The molecule has 0 rings (SSSR count). The Hall–Kier alpha value is 0.667. The van der Waals surface area contributed by atoms with Gasteiger partial charge in [0.05, 0.1) is 18.0 Å². The Balaban J connectivity index is -0.000000405. The second kappa shape index (κ2) is 10.7. The fraction of sp³-hybridized carbons (Fsp3) is 1.00. The monoisotopic (exact) mass is 173 g/mol. The molecule has 0 aliphatic carbocycles. The Bertz CT molecular complexity index is 105. The van der Waals surface area contributed by atoms with Gasteiger partial charge in [0.15, 0.2) is 0 Å². The first kappa shape index (κ1) is 14.2. The SMILES string of the molecule is CCCCCCOS(=O)[O-].[H-].[Li+]. The van der Waals surface area contributed by atoms with E-state index < -0.39 is 11.4 Å². The quantitative estimate of drug-likeness (QED) is 0.279. The van der Waals surface area contributed by atoms with Crippen molar-refractivity contribution in [3.8, 4) is 0 Å². The predicted octanol–water partition coefficient (Wildman–Crippen LogP) is -1.51. The van der Waals surface area contributed by atoms with Crippen molar-refractivity contribution < 1.29 is 33.2 Å². The van der Waals surface area contributed by atoms with E-state index in [1.54, 1.807) is 0 Å². The zero-order chi connectivity index (χ0) is 7.82. The molecule has 0 saturated carbocycles. The fourth-order valence-corrected chi connectivity index (χ4v) is 0.910. The number of hydrogen-bond acceptors (Lipinski definition) is 3. The summed E-state index contributed by atoms with van der Waals surface area (Å²) in [4.78, 5) is 0. The topological polar surface area (TPSA) is 49.4 Å². The van der Waals surface area contributed by atoms with E-state index in [0.29, 0.717) is 6.61 Å². The van der Waals surface area contributed by atoms with E-state index in [9.17, 15) is 8.76 Å². The molecule has 0 aromatic heterocycles. The van der Waals surface area contributed by atoms with Crippen LogP contribution >= 0.6 is 0 Å². The maximum atomic E-state index is 9.81. The molecule has 0 aliphatic rings. The molecule has 64 valence electrons. The van der Waals surface area contributed by atoms with Crippen molar-refractivity contribution in [1.29, 1.82) is 0 Å². The van der Waals surface area contributed by atoms with Gasteiger partial charge in [0.2, 0.25) is 0 Å². The maximum Gasteiger partial charge on any atom is 1.00 e. The molecule has 0 bridgehead atoms. The summed E-state index contributed by atoms with van der Waals surface area (Å²) in [6, 6.07) is 0. The molecule has 0 aromatic carbocycles. The van der Waals surface area contributed by atoms with Crippen molar-refractivity contribution in [2.24, 2.45) is 0 Å². The molecule has 0 aromatic rings. The first-order chi connectivity index (χ1) is 4.77. The van der Waals surface area contributed by atoms with Gasteiger partial charge in [0, 0.05) is 0 Å². The predicted molar refractivity (Wildman–Crippen MR) is 40.1 cm³/mol. The number of unbranched alkanes of at least 4 members (excludes halogenated alkanes) is 3. The summed E-state index contributed by atoms with van der Waals surface area (Å²) >= 11 is -2.32. The molecule has 3 nitrogen and oxygen atoms in total. The molecule has 0 aliphatic heterocycles. The Morgan fingerprint density at radius 1 is 1.45 bits per heavy atom. The second-order valence-electron chi connectivity index (χ2n) is 2.09. The van der Waals surface area contributed by atoms with Gasteiger partial charge < -0.3 is 10.2 Å². The van der Waals surface area contributed by atoms with Crippen LogP contribution in [0.4, 0.5) is 0 Å². The smallest absolute Gasteiger partial charge is 1.00 e. The van der Waals surface area contributed by atoms with Crippen LogP contribution in [0, 0.1) is 0 Å². The van der Waals surface area contributed by atoms with Crippen LogP contribution in [0.15, 0.2) is 0 Å². The summed E-state index contributed by atoms with van der Waals surface area (Å²) in [5, 5.41) is 0. The third-order valence-corrected chi connectivity index (χ3v) is 1.54. The Morgan fingerprint density at radius 2 is 2.09 bits per heavy atom. The molecular weight excluding hydrogens is 159 g/mol. The van der Waals surface area contributed by atoms with Crippen LogP contribution in [-0.2, 0) is 15.5 Å². The van der Waals surface area contributed by atoms with E-state index in [-0.39, 0.29) is 20.3 Å². The Morgan fingerprint density at radius 3 is 2.55 bits per heavy atom. The van der Waals surface area contributed by atoms with Gasteiger partial charge in [-0.2, -0.15) is 0 Å². The number of rotatable bonds is 6. The molecule has 11 heavy (non-hydrogen) atoms. The van der Waals surface area contributed by atoms with Gasteiger partial charge in [-0.15, -0.1) is 0 Å². The van der Waals surface area contributed by atoms with Gasteiger partial charge in [-0.25, -0.2) is 4.21 Å². The van der Waals surface area contributed by atoms with Crippen LogP contribution in [-0.4, -0.2) is 15.4 Å².